The first-order chi connectivity index (χ1) is 13.1. The number of amides is 2. The SMILES string of the molecule is Cc1cc(N/C=C2/C(=O)Nc3ccccc32)ccc1N1CCNC(=O)CC1. The molecule has 27 heavy (non-hydrogen) atoms. The van der Waals surface area contributed by atoms with Gasteiger partial charge in [-0.1, -0.05) is 18.2 Å². The Hall–Kier alpha value is -3.28. The van der Waals surface area contributed by atoms with Crippen LogP contribution < -0.4 is 20.9 Å². The number of benzene rings is 2. The van der Waals surface area contributed by atoms with Gasteiger partial charge in [-0.2, -0.15) is 0 Å². The number of nitrogens with zero attached hydrogens (tertiary/aromatic N) is 1. The molecule has 6 heteroatoms. The van der Waals surface area contributed by atoms with Crippen molar-refractivity contribution < 1.29 is 9.59 Å². The number of hydrogen-bond donors (Lipinski definition) is 3. The molecule has 2 aliphatic rings. The van der Waals surface area contributed by atoms with E-state index in [1.807, 2.05) is 30.3 Å². The number of aryl methyl sites for hydroxylation is 1. The molecule has 3 N–H and O–H groups in total. The fraction of sp³-hybridized carbons (Fsp3) is 0.238. The Balaban J connectivity index is 1.52. The van der Waals surface area contributed by atoms with Crippen molar-refractivity contribution in [3.05, 3.63) is 59.8 Å². The van der Waals surface area contributed by atoms with Gasteiger partial charge in [-0.05, 0) is 36.8 Å². The summed E-state index contributed by atoms with van der Waals surface area (Å²) in [5, 5.41) is 9.01. The van der Waals surface area contributed by atoms with E-state index in [-0.39, 0.29) is 11.8 Å². The van der Waals surface area contributed by atoms with Gasteiger partial charge in [0.25, 0.3) is 5.91 Å². The van der Waals surface area contributed by atoms with Gasteiger partial charge in [0.2, 0.25) is 5.91 Å². The first-order valence-corrected chi connectivity index (χ1v) is 9.11. The van der Waals surface area contributed by atoms with E-state index in [1.54, 1.807) is 6.20 Å². The second kappa shape index (κ2) is 7.15. The molecule has 1 saturated heterocycles. The van der Waals surface area contributed by atoms with Crippen molar-refractivity contribution in [2.45, 2.75) is 13.3 Å². The maximum atomic E-state index is 12.2. The fourth-order valence-electron chi connectivity index (χ4n) is 3.55. The van der Waals surface area contributed by atoms with E-state index < -0.39 is 0 Å². The Morgan fingerprint density at radius 3 is 2.81 bits per heavy atom. The maximum absolute atomic E-state index is 12.2. The summed E-state index contributed by atoms with van der Waals surface area (Å²) in [5.74, 6) is 0.00830. The molecule has 4 rings (SSSR count). The molecule has 0 atom stereocenters. The molecule has 0 aliphatic carbocycles. The number of hydrogen-bond acceptors (Lipinski definition) is 4. The Labute approximate surface area is 158 Å². The zero-order valence-corrected chi connectivity index (χ0v) is 15.2. The van der Waals surface area contributed by atoms with Crippen molar-refractivity contribution in [2.24, 2.45) is 0 Å². The second-order valence-corrected chi connectivity index (χ2v) is 6.79. The van der Waals surface area contributed by atoms with E-state index in [1.165, 1.54) is 0 Å². The normalized spacial score (nSPS) is 18.0. The van der Waals surface area contributed by atoms with Crippen molar-refractivity contribution >= 4 is 34.4 Å². The highest BCUT2D eigenvalue weighted by molar-refractivity contribution is 6.31. The van der Waals surface area contributed by atoms with Gasteiger partial charge in [-0.15, -0.1) is 0 Å². The molecule has 0 aromatic heterocycles. The fourth-order valence-corrected chi connectivity index (χ4v) is 3.55. The first-order valence-electron chi connectivity index (χ1n) is 9.11. The van der Waals surface area contributed by atoms with Gasteiger partial charge in [-0.3, -0.25) is 9.59 Å². The third-order valence-electron chi connectivity index (χ3n) is 4.94. The minimum atomic E-state index is -0.0984. The molecular weight excluding hydrogens is 340 g/mol. The predicted octanol–water partition coefficient (Wildman–Crippen LogP) is 2.73. The Kier molecular flexibility index (Phi) is 4.54. The molecule has 1 fully saturated rings. The lowest BCUT2D eigenvalue weighted by Crippen LogP contribution is -2.28. The molecular formula is C21H22N4O2. The van der Waals surface area contributed by atoms with E-state index in [9.17, 15) is 9.59 Å². The summed E-state index contributed by atoms with van der Waals surface area (Å²) >= 11 is 0. The molecule has 6 nitrogen and oxygen atoms in total. The van der Waals surface area contributed by atoms with Gasteiger partial charge in [0, 0.05) is 54.9 Å². The molecule has 2 amide bonds. The molecule has 138 valence electrons. The standard InChI is InChI=1S/C21H22N4O2/c1-14-12-15(6-7-19(14)25-10-8-20(26)22-9-11-25)23-13-17-16-4-2-3-5-18(16)24-21(17)27/h2-7,12-13,23H,8-11H2,1H3,(H,22,26)(H,24,27)/b17-13+. The zero-order chi connectivity index (χ0) is 18.8. The largest absolute Gasteiger partial charge is 0.369 e. The summed E-state index contributed by atoms with van der Waals surface area (Å²) in [5.41, 5.74) is 5.56. The molecule has 2 aliphatic heterocycles. The maximum Gasteiger partial charge on any atom is 0.257 e. The molecule has 0 spiro atoms. The number of carbonyl (C=O) groups is 2. The molecule has 2 aromatic carbocycles. The quantitative estimate of drug-likeness (QED) is 0.734. The molecule has 2 heterocycles. The van der Waals surface area contributed by atoms with E-state index in [4.69, 9.17) is 0 Å². The average Bonchev–Trinajstić information content (AvgIpc) is 2.82. The molecule has 2 aromatic rings. The number of nitrogens with one attached hydrogen (secondary N) is 3. The number of rotatable bonds is 3. The van der Waals surface area contributed by atoms with Crippen molar-refractivity contribution in [1.82, 2.24) is 5.32 Å². The zero-order valence-electron chi connectivity index (χ0n) is 15.2. The predicted molar refractivity (Wildman–Crippen MR) is 108 cm³/mol. The lowest BCUT2D eigenvalue weighted by atomic mass is 10.1. The van der Waals surface area contributed by atoms with E-state index in [0.29, 0.717) is 18.5 Å². The van der Waals surface area contributed by atoms with Crippen LogP contribution >= 0.6 is 0 Å². The minimum absolute atomic E-state index is 0.0984. The first kappa shape index (κ1) is 17.1. The van der Waals surface area contributed by atoms with Crippen LogP contribution in [0, 0.1) is 6.92 Å². The lowest BCUT2D eigenvalue weighted by Gasteiger charge is -2.24. The van der Waals surface area contributed by atoms with Gasteiger partial charge in [0.1, 0.15) is 0 Å². The monoisotopic (exact) mass is 362 g/mol. The van der Waals surface area contributed by atoms with Crippen molar-refractivity contribution in [3.8, 4) is 0 Å². The van der Waals surface area contributed by atoms with Gasteiger partial charge in [-0.25, -0.2) is 0 Å². The van der Waals surface area contributed by atoms with Crippen molar-refractivity contribution in [3.63, 3.8) is 0 Å². The summed E-state index contributed by atoms with van der Waals surface area (Å²) in [6, 6.07) is 13.8. The van der Waals surface area contributed by atoms with Crippen LogP contribution in [0.1, 0.15) is 17.5 Å². The molecule has 0 bridgehead atoms. The summed E-state index contributed by atoms with van der Waals surface area (Å²) in [6.45, 7) is 4.26. The average molecular weight is 362 g/mol. The highest BCUT2D eigenvalue weighted by atomic mass is 16.2. The highest BCUT2D eigenvalue weighted by Gasteiger charge is 2.23. The Bertz CT molecular complexity index is 936. The van der Waals surface area contributed by atoms with E-state index in [2.05, 4.69) is 39.9 Å². The van der Waals surface area contributed by atoms with Crippen LogP contribution in [0.3, 0.4) is 0 Å². The van der Waals surface area contributed by atoms with Gasteiger partial charge >= 0.3 is 0 Å². The van der Waals surface area contributed by atoms with Crippen LogP contribution in [-0.4, -0.2) is 31.4 Å². The van der Waals surface area contributed by atoms with Gasteiger partial charge < -0.3 is 20.9 Å². The van der Waals surface area contributed by atoms with Crippen molar-refractivity contribution in [1.29, 1.82) is 0 Å². The van der Waals surface area contributed by atoms with Crippen LogP contribution in [0.25, 0.3) is 5.57 Å². The third kappa shape index (κ3) is 3.51. The number of anilines is 3. The highest BCUT2D eigenvalue weighted by Crippen LogP contribution is 2.31. The van der Waals surface area contributed by atoms with Crippen LogP contribution in [0.5, 0.6) is 0 Å². The van der Waals surface area contributed by atoms with Gasteiger partial charge in [0.05, 0.1) is 5.57 Å². The smallest absolute Gasteiger partial charge is 0.257 e. The van der Waals surface area contributed by atoms with Gasteiger partial charge in [0.15, 0.2) is 0 Å². The van der Waals surface area contributed by atoms with E-state index in [0.717, 1.165) is 41.3 Å². The van der Waals surface area contributed by atoms with Crippen LogP contribution in [0.2, 0.25) is 0 Å². The Morgan fingerprint density at radius 1 is 1.11 bits per heavy atom. The van der Waals surface area contributed by atoms with Crippen LogP contribution in [-0.2, 0) is 9.59 Å². The lowest BCUT2D eigenvalue weighted by molar-refractivity contribution is -0.120. The van der Waals surface area contributed by atoms with Crippen molar-refractivity contribution in [2.75, 3.05) is 35.2 Å². The third-order valence-corrected chi connectivity index (χ3v) is 4.94. The summed E-state index contributed by atoms with van der Waals surface area (Å²) < 4.78 is 0. The summed E-state index contributed by atoms with van der Waals surface area (Å²) in [6.07, 6.45) is 2.27. The molecule has 0 saturated carbocycles. The molecule has 0 radical (unpaired) electrons. The second-order valence-electron chi connectivity index (χ2n) is 6.79. The van der Waals surface area contributed by atoms with Crippen LogP contribution in [0.15, 0.2) is 48.7 Å². The number of fused-ring (bicyclic) bond motifs is 1. The minimum Gasteiger partial charge on any atom is -0.369 e. The topological polar surface area (TPSA) is 73.5 Å². The number of carbonyl (C=O) groups excluding carboxylic acids is 2. The molecule has 0 unspecified atom stereocenters. The summed E-state index contributed by atoms with van der Waals surface area (Å²) in [7, 11) is 0. The number of para-hydroxylation sites is 1. The summed E-state index contributed by atoms with van der Waals surface area (Å²) in [4.78, 5) is 25.9. The van der Waals surface area contributed by atoms with Crippen LogP contribution in [0.4, 0.5) is 17.1 Å². The van der Waals surface area contributed by atoms with E-state index >= 15 is 0 Å². The Morgan fingerprint density at radius 2 is 1.96 bits per heavy atom.